The molecule has 168 valence electrons. The molecule has 1 saturated carbocycles. The molecule has 3 amide bonds. The van der Waals surface area contributed by atoms with Crippen LogP contribution >= 0.6 is 23.2 Å². The van der Waals surface area contributed by atoms with E-state index in [4.69, 9.17) is 39.1 Å². The van der Waals surface area contributed by atoms with Crippen LogP contribution in [0.15, 0.2) is 24.3 Å². The second kappa shape index (κ2) is 9.42. The van der Waals surface area contributed by atoms with Crippen LogP contribution in [0, 0.1) is 11.3 Å². The van der Waals surface area contributed by atoms with Crippen LogP contribution in [-0.2, 0) is 19.1 Å². The average Bonchev–Trinajstić information content (AvgIpc) is 3.15. The van der Waals surface area contributed by atoms with E-state index in [9.17, 15) is 14.4 Å². The molecule has 3 atom stereocenters. The predicted molar refractivity (Wildman–Crippen MR) is 117 cm³/mol. The van der Waals surface area contributed by atoms with Gasteiger partial charge in [0.1, 0.15) is 16.1 Å². The number of likely N-dealkylation sites (tertiary alicyclic amines) is 1. The van der Waals surface area contributed by atoms with Crippen LogP contribution in [0.3, 0.4) is 0 Å². The fraction of sp³-hybridized carbons (Fsp3) is 0.500. The molecule has 1 aromatic rings. The first-order valence-electron chi connectivity index (χ1n) is 9.85. The fourth-order valence-electron chi connectivity index (χ4n) is 3.68. The van der Waals surface area contributed by atoms with E-state index in [1.807, 2.05) is 0 Å². The number of anilines is 1. The van der Waals surface area contributed by atoms with Gasteiger partial charge in [-0.25, -0.2) is 0 Å². The molecule has 1 heterocycles. The molecular weight excluding hydrogens is 445 g/mol. The SMILES string of the molecule is COC1CCN(C(=O)CNc2ccccc2C(=N)C(N)=O)C1C(=O)NCC1CC1(Cl)Cl. The van der Waals surface area contributed by atoms with Gasteiger partial charge in [0.15, 0.2) is 0 Å². The first kappa shape index (κ1) is 23.3. The van der Waals surface area contributed by atoms with Gasteiger partial charge in [-0.2, -0.15) is 0 Å². The molecule has 9 nitrogen and oxygen atoms in total. The Bertz CT molecular complexity index is 894. The number of ether oxygens (including phenoxy) is 1. The summed E-state index contributed by atoms with van der Waals surface area (Å²) in [5.41, 5.74) is 5.57. The molecule has 2 aliphatic rings. The van der Waals surface area contributed by atoms with E-state index in [1.165, 1.54) is 12.0 Å². The monoisotopic (exact) mass is 469 g/mol. The number of para-hydroxylation sites is 1. The molecule has 1 aromatic carbocycles. The van der Waals surface area contributed by atoms with Gasteiger partial charge in [0, 0.05) is 37.4 Å². The van der Waals surface area contributed by atoms with Gasteiger partial charge in [0.2, 0.25) is 11.8 Å². The lowest BCUT2D eigenvalue weighted by molar-refractivity contribution is -0.139. The van der Waals surface area contributed by atoms with E-state index in [0.717, 1.165) is 0 Å². The number of nitrogens with zero attached hydrogens (tertiary/aromatic N) is 1. The lowest BCUT2D eigenvalue weighted by Gasteiger charge is -2.27. The van der Waals surface area contributed by atoms with E-state index >= 15 is 0 Å². The number of carbonyl (C=O) groups excluding carboxylic acids is 3. The molecule has 3 unspecified atom stereocenters. The van der Waals surface area contributed by atoms with Crippen molar-refractivity contribution in [3.63, 3.8) is 0 Å². The molecule has 0 radical (unpaired) electrons. The van der Waals surface area contributed by atoms with Crippen molar-refractivity contribution < 1.29 is 19.1 Å². The number of hydrogen-bond acceptors (Lipinski definition) is 6. The normalized spacial score (nSPS) is 23.8. The zero-order valence-corrected chi connectivity index (χ0v) is 18.5. The molecule has 1 aliphatic heterocycles. The van der Waals surface area contributed by atoms with Gasteiger partial charge in [0.05, 0.1) is 12.6 Å². The number of nitrogens with one attached hydrogen (secondary N) is 3. The van der Waals surface area contributed by atoms with E-state index in [0.29, 0.717) is 37.2 Å². The zero-order chi connectivity index (χ0) is 22.8. The van der Waals surface area contributed by atoms with Crippen molar-refractivity contribution in [2.45, 2.75) is 29.3 Å². The summed E-state index contributed by atoms with van der Waals surface area (Å²) in [5.74, 6) is -1.50. The maximum absolute atomic E-state index is 12.9. The Balaban J connectivity index is 1.64. The number of carbonyl (C=O) groups is 3. The summed E-state index contributed by atoms with van der Waals surface area (Å²) < 4.78 is 4.63. The fourth-order valence-corrected chi connectivity index (χ4v) is 4.21. The minimum absolute atomic E-state index is 0.00919. The van der Waals surface area contributed by atoms with Crippen molar-refractivity contribution in [1.29, 1.82) is 5.41 Å². The largest absolute Gasteiger partial charge is 0.379 e. The minimum atomic E-state index is -0.867. The maximum Gasteiger partial charge on any atom is 0.267 e. The van der Waals surface area contributed by atoms with Gasteiger partial charge in [0.25, 0.3) is 5.91 Å². The molecule has 1 aliphatic carbocycles. The van der Waals surface area contributed by atoms with Gasteiger partial charge < -0.3 is 26.0 Å². The van der Waals surface area contributed by atoms with Crippen LogP contribution in [0.5, 0.6) is 0 Å². The predicted octanol–water partition coefficient (Wildman–Crippen LogP) is 0.878. The second-order valence-corrected chi connectivity index (χ2v) is 9.18. The highest BCUT2D eigenvalue weighted by Gasteiger charge is 2.52. The first-order chi connectivity index (χ1) is 14.7. The molecule has 31 heavy (non-hydrogen) atoms. The Morgan fingerprint density at radius 3 is 2.61 bits per heavy atom. The van der Waals surface area contributed by atoms with Gasteiger partial charge in [-0.3, -0.25) is 19.8 Å². The van der Waals surface area contributed by atoms with Gasteiger partial charge in [-0.15, -0.1) is 23.2 Å². The summed E-state index contributed by atoms with van der Waals surface area (Å²) in [6.07, 6.45) is 0.720. The van der Waals surface area contributed by atoms with Crippen molar-refractivity contribution in [3.05, 3.63) is 29.8 Å². The Kier molecular flexibility index (Phi) is 7.08. The third-order valence-corrected chi connectivity index (χ3v) is 6.51. The van der Waals surface area contributed by atoms with E-state index in [1.54, 1.807) is 24.3 Å². The molecule has 0 bridgehead atoms. The molecule has 2 fully saturated rings. The number of halogens is 2. The van der Waals surface area contributed by atoms with Crippen LogP contribution in [0.25, 0.3) is 0 Å². The number of primary amides is 1. The van der Waals surface area contributed by atoms with Crippen molar-refractivity contribution in [2.75, 3.05) is 32.1 Å². The van der Waals surface area contributed by atoms with Crippen molar-refractivity contribution in [3.8, 4) is 0 Å². The molecule has 0 aromatic heterocycles. The number of benzene rings is 1. The Labute approximate surface area is 190 Å². The average molecular weight is 470 g/mol. The number of alkyl halides is 2. The lowest BCUT2D eigenvalue weighted by Crippen LogP contribution is -2.52. The number of methoxy groups -OCH3 is 1. The van der Waals surface area contributed by atoms with Crippen molar-refractivity contribution >= 4 is 52.3 Å². The number of rotatable bonds is 9. The number of nitrogens with two attached hydrogens (primary N) is 1. The molecular formula is C20H25Cl2N5O4. The van der Waals surface area contributed by atoms with Crippen molar-refractivity contribution in [2.24, 2.45) is 11.7 Å². The van der Waals surface area contributed by atoms with E-state index in [2.05, 4.69) is 10.6 Å². The third-order valence-electron chi connectivity index (χ3n) is 5.59. The molecule has 1 saturated heterocycles. The Morgan fingerprint density at radius 1 is 1.32 bits per heavy atom. The zero-order valence-electron chi connectivity index (χ0n) is 17.0. The summed E-state index contributed by atoms with van der Waals surface area (Å²) in [5, 5.41) is 13.6. The summed E-state index contributed by atoms with van der Waals surface area (Å²) in [4.78, 5) is 38.5. The van der Waals surface area contributed by atoms with Crippen LogP contribution in [0.4, 0.5) is 5.69 Å². The smallest absolute Gasteiger partial charge is 0.267 e. The summed E-state index contributed by atoms with van der Waals surface area (Å²) >= 11 is 12.0. The van der Waals surface area contributed by atoms with E-state index in [-0.39, 0.29) is 30.0 Å². The standard InChI is InChI=1S/C20H25Cl2N5O4/c1-31-14-6-7-27(17(14)19(30)26-9-11-8-20(11,21)22)15(28)10-25-13-5-3-2-4-12(13)16(23)18(24)29/h2-5,11,14,17,23,25H,6-10H2,1H3,(H2,24,29)(H,26,30). The highest BCUT2D eigenvalue weighted by molar-refractivity contribution is 6.50. The molecule has 11 heteroatoms. The summed E-state index contributed by atoms with van der Waals surface area (Å²) in [6, 6.07) is 5.83. The van der Waals surface area contributed by atoms with Crippen LogP contribution in [-0.4, -0.2) is 71.6 Å². The Morgan fingerprint density at radius 2 is 2.00 bits per heavy atom. The number of hydrogen-bond donors (Lipinski definition) is 4. The first-order valence-corrected chi connectivity index (χ1v) is 10.6. The number of amides is 3. The third kappa shape index (κ3) is 5.28. The topological polar surface area (TPSA) is 138 Å². The van der Waals surface area contributed by atoms with Gasteiger partial charge in [-0.1, -0.05) is 18.2 Å². The Hall–Kier alpha value is -2.36. The second-order valence-electron chi connectivity index (χ2n) is 7.64. The quantitative estimate of drug-likeness (QED) is 0.314. The lowest BCUT2D eigenvalue weighted by atomic mass is 10.1. The molecule has 5 N–H and O–H groups in total. The molecule has 3 rings (SSSR count). The van der Waals surface area contributed by atoms with Crippen LogP contribution in [0.1, 0.15) is 18.4 Å². The summed E-state index contributed by atoms with van der Waals surface area (Å²) in [7, 11) is 1.51. The minimum Gasteiger partial charge on any atom is -0.379 e. The maximum atomic E-state index is 12.9. The highest BCUT2D eigenvalue weighted by Crippen LogP contribution is 2.52. The van der Waals surface area contributed by atoms with Crippen molar-refractivity contribution in [1.82, 2.24) is 10.2 Å². The molecule has 0 spiro atoms. The van der Waals surface area contributed by atoms with Crippen LogP contribution in [0.2, 0.25) is 0 Å². The summed E-state index contributed by atoms with van der Waals surface area (Å²) in [6.45, 7) is 0.578. The van der Waals surface area contributed by atoms with E-state index < -0.39 is 22.4 Å². The van der Waals surface area contributed by atoms with Gasteiger partial charge in [-0.05, 0) is 18.9 Å². The van der Waals surface area contributed by atoms with Crippen LogP contribution < -0.4 is 16.4 Å². The highest BCUT2D eigenvalue weighted by atomic mass is 35.5. The van der Waals surface area contributed by atoms with Gasteiger partial charge >= 0.3 is 0 Å².